The number of carboxylic acids is 1. The van der Waals surface area contributed by atoms with Gasteiger partial charge in [0.25, 0.3) is 0 Å². The van der Waals surface area contributed by atoms with Gasteiger partial charge in [0.05, 0.1) is 6.04 Å². The van der Waals surface area contributed by atoms with E-state index in [1.54, 1.807) is 12.1 Å². The predicted molar refractivity (Wildman–Crippen MR) is 80.3 cm³/mol. The average Bonchev–Trinajstić information content (AvgIpc) is 3.22. The third-order valence-corrected chi connectivity index (χ3v) is 3.75. The predicted octanol–water partition coefficient (Wildman–Crippen LogP) is 2.91. The van der Waals surface area contributed by atoms with Crippen molar-refractivity contribution in [2.45, 2.75) is 25.8 Å². The molecule has 0 radical (unpaired) electrons. The quantitative estimate of drug-likeness (QED) is 0.848. The number of rotatable bonds is 6. The number of amides is 2. The van der Waals surface area contributed by atoms with Crippen LogP contribution < -0.4 is 5.32 Å². The summed E-state index contributed by atoms with van der Waals surface area (Å²) in [5.41, 5.74) is 0.925. The summed E-state index contributed by atoms with van der Waals surface area (Å²) in [4.78, 5) is 24.5. The van der Waals surface area contributed by atoms with Crippen LogP contribution in [0.15, 0.2) is 24.3 Å². The molecule has 2 rings (SSSR count). The number of carbonyl (C=O) groups excluding carboxylic acids is 1. The second-order valence-corrected chi connectivity index (χ2v) is 5.88. The molecule has 0 aromatic heterocycles. The van der Waals surface area contributed by atoms with Crippen molar-refractivity contribution in [1.82, 2.24) is 10.2 Å². The lowest BCUT2D eigenvalue weighted by Gasteiger charge is -2.24. The number of hydrogen-bond donors (Lipinski definition) is 2. The topological polar surface area (TPSA) is 69.6 Å². The molecular weight excluding hydrogens is 292 g/mol. The van der Waals surface area contributed by atoms with Gasteiger partial charge in [0.1, 0.15) is 6.54 Å². The Hall–Kier alpha value is -1.75. The average molecular weight is 311 g/mol. The van der Waals surface area contributed by atoms with Crippen LogP contribution in [0.2, 0.25) is 5.02 Å². The van der Waals surface area contributed by atoms with Gasteiger partial charge in [-0.2, -0.15) is 0 Å². The summed E-state index contributed by atoms with van der Waals surface area (Å²) in [6.07, 6.45) is 2.13. The van der Waals surface area contributed by atoms with E-state index in [4.69, 9.17) is 16.7 Å². The first-order chi connectivity index (χ1) is 9.95. The summed E-state index contributed by atoms with van der Waals surface area (Å²) in [5.74, 6) is -0.550. The van der Waals surface area contributed by atoms with Crippen LogP contribution in [-0.2, 0) is 4.79 Å². The van der Waals surface area contributed by atoms with Gasteiger partial charge in [-0.05, 0) is 43.4 Å². The van der Waals surface area contributed by atoms with E-state index in [1.165, 1.54) is 4.90 Å². The van der Waals surface area contributed by atoms with Crippen LogP contribution in [0.1, 0.15) is 31.4 Å². The molecule has 1 atom stereocenters. The Morgan fingerprint density at radius 2 is 2.00 bits per heavy atom. The minimum atomic E-state index is -0.995. The van der Waals surface area contributed by atoms with Crippen molar-refractivity contribution in [2.24, 2.45) is 5.92 Å². The summed E-state index contributed by atoms with van der Waals surface area (Å²) in [6.45, 7) is 2.10. The zero-order chi connectivity index (χ0) is 15.4. The highest BCUT2D eigenvalue weighted by Crippen LogP contribution is 2.29. The highest BCUT2D eigenvalue weighted by Gasteiger charge is 2.28. The van der Waals surface area contributed by atoms with Crippen molar-refractivity contribution in [3.05, 3.63) is 34.9 Å². The number of nitrogens with one attached hydrogen (secondary N) is 1. The monoisotopic (exact) mass is 310 g/mol. The van der Waals surface area contributed by atoms with Gasteiger partial charge < -0.3 is 15.3 Å². The number of hydrogen-bond acceptors (Lipinski definition) is 2. The molecule has 1 aromatic rings. The second-order valence-electron chi connectivity index (χ2n) is 5.44. The Kier molecular flexibility index (Phi) is 5.07. The molecule has 1 fully saturated rings. The molecule has 1 unspecified atom stereocenters. The molecule has 5 nitrogen and oxygen atoms in total. The van der Waals surface area contributed by atoms with Crippen molar-refractivity contribution in [1.29, 1.82) is 0 Å². The molecule has 1 saturated carbocycles. The minimum Gasteiger partial charge on any atom is -0.480 e. The largest absolute Gasteiger partial charge is 0.480 e. The number of urea groups is 1. The Balaban J connectivity index is 1.95. The molecule has 0 spiro atoms. The van der Waals surface area contributed by atoms with E-state index in [2.05, 4.69) is 5.32 Å². The molecule has 1 aromatic carbocycles. The van der Waals surface area contributed by atoms with Crippen LogP contribution in [0.5, 0.6) is 0 Å². The maximum atomic E-state index is 12.2. The Bertz CT molecular complexity index is 514. The van der Waals surface area contributed by atoms with Gasteiger partial charge in [-0.1, -0.05) is 23.7 Å². The Morgan fingerprint density at radius 1 is 1.38 bits per heavy atom. The van der Waals surface area contributed by atoms with Crippen LogP contribution in [-0.4, -0.2) is 35.1 Å². The molecule has 0 saturated heterocycles. The fraction of sp³-hybridized carbons (Fsp3) is 0.467. The number of aliphatic carboxylic acids is 1. The maximum absolute atomic E-state index is 12.2. The van der Waals surface area contributed by atoms with E-state index >= 15 is 0 Å². The van der Waals surface area contributed by atoms with Crippen molar-refractivity contribution >= 4 is 23.6 Å². The Morgan fingerprint density at radius 3 is 2.52 bits per heavy atom. The summed E-state index contributed by atoms with van der Waals surface area (Å²) in [5, 5.41) is 12.4. The first-order valence-corrected chi connectivity index (χ1v) is 7.36. The zero-order valence-corrected chi connectivity index (χ0v) is 12.6. The van der Waals surface area contributed by atoms with E-state index < -0.39 is 5.97 Å². The molecule has 21 heavy (non-hydrogen) atoms. The van der Waals surface area contributed by atoms with Crippen molar-refractivity contribution in [3.8, 4) is 0 Å². The van der Waals surface area contributed by atoms with Gasteiger partial charge >= 0.3 is 12.0 Å². The fourth-order valence-electron chi connectivity index (χ4n) is 2.11. The van der Waals surface area contributed by atoms with Crippen LogP contribution >= 0.6 is 11.6 Å². The molecule has 6 heteroatoms. The SMILES string of the molecule is CC(NC(=O)N(CC(=O)O)CC1CC1)c1ccc(Cl)cc1. The molecule has 114 valence electrons. The standard InChI is InChI=1S/C15H19ClN2O3/c1-10(12-4-6-13(16)7-5-12)17-15(21)18(9-14(19)20)8-11-2-3-11/h4-7,10-11H,2-3,8-9H2,1H3,(H,17,21)(H,19,20). The lowest BCUT2D eigenvalue weighted by molar-refractivity contribution is -0.137. The number of carboxylic acid groups (broad SMARTS) is 1. The third kappa shape index (κ3) is 4.93. The van der Waals surface area contributed by atoms with E-state index in [-0.39, 0.29) is 18.6 Å². The summed E-state index contributed by atoms with van der Waals surface area (Å²) in [6, 6.07) is 6.67. The van der Waals surface area contributed by atoms with Gasteiger partial charge in [-0.15, -0.1) is 0 Å². The summed E-state index contributed by atoms with van der Waals surface area (Å²) >= 11 is 5.83. The number of halogens is 1. The molecule has 1 aliphatic rings. The second kappa shape index (κ2) is 6.80. The van der Waals surface area contributed by atoms with Gasteiger partial charge in [0, 0.05) is 11.6 Å². The minimum absolute atomic E-state index is 0.203. The van der Waals surface area contributed by atoms with Crippen molar-refractivity contribution in [2.75, 3.05) is 13.1 Å². The van der Waals surface area contributed by atoms with Crippen LogP contribution in [0.3, 0.4) is 0 Å². The van der Waals surface area contributed by atoms with E-state index in [9.17, 15) is 9.59 Å². The highest BCUT2D eigenvalue weighted by molar-refractivity contribution is 6.30. The van der Waals surface area contributed by atoms with Crippen LogP contribution in [0.4, 0.5) is 4.79 Å². The summed E-state index contributed by atoms with van der Waals surface area (Å²) < 4.78 is 0. The lowest BCUT2D eigenvalue weighted by atomic mass is 10.1. The van der Waals surface area contributed by atoms with Crippen molar-refractivity contribution < 1.29 is 14.7 Å². The Labute approximate surface area is 128 Å². The highest BCUT2D eigenvalue weighted by atomic mass is 35.5. The maximum Gasteiger partial charge on any atom is 0.323 e. The summed E-state index contributed by atoms with van der Waals surface area (Å²) in [7, 11) is 0. The lowest BCUT2D eigenvalue weighted by Crippen LogP contribution is -2.44. The van der Waals surface area contributed by atoms with Gasteiger partial charge in [0.2, 0.25) is 0 Å². The molecule has 0 aliphatic heterocycles. The van der Waals surface area contributed by atoms with Gasteiger partial charge in [-0.25, -0.2) is 4.79 Å². The van der Waals surface area contributed by atoms with Gasteiger partial charge in [0.15, 0.2) is 0 Å². The van der Waals surface area contributed by atoms with E-state index in [1.807, 2.05) is 19.1 Å². The molecule has 0 bridgehead atoms. The number of nitrogens with zero attached hydrogens (tertiary/aromatic N) is 1. The molecule has 0 heterocycles. The number of carbonyl (C=O) groups is 2. The molecule has 2 amide bonds. The van der Waals surface area contributed by atoms with Crippen molar-refractivity contribution in [3.63, 3.8) is 0 Å². The smallest absolute Gasteiger partial charge is 0.323 e. The normalized spacial score (nSPS) is 15.3. The molecular formula is C15H19ClN2O3. The first-order valence-electron chi connectivity index (χ1n) is 6.98. The van der Waals surface area contributed by atoms with E-state index in [0.29, 0.717) is 17.5 Å². The van der Waals surface area contributed by atoms with Gasteiger partial charge in [-0.3, -0.25) is 4.79 Å². The van der Waals surface area contributed by atoms with Crippen LogP contribution in [0.25, 0.3) is 0 Å². The zero-order valence-electron chi connectivity index (χ0n) is 11.9. The first kappa shape index (κ1) is 15.6. The molecule has 2 N–H and O–H groups in total. The fourth-order valence-corrected chi connectivity index (χ4v) is 2.23. The van der Waals surface area contributed by atoms with E-state index in [0.717, 1.165) is 18.4 Å². The van der Waals surface area contributed by atoms with Crippen LogP contribution in [0, 0.1) is 5.92 Å². The number of benzene rings is 1. The third-order valence-electron chi connectivity index (χ3n) is 3.50. The molecule has 1 aliphatic carbocycles.